The number of rotatable bonds is 9. The summed E-state index contributed by atoms with van der Waals surface area (Å²) in [6.45, 7) is 9.79. The van der Waals surface area contributed by atoms with Crippen LogP contribution in [0.2, 0.25) is 5.15 Å². The summed E-state index contributed by atoms with van der Waals surface area (Å²) in [7, 11) is -3.57. The topological polar surface area (TPSA) is 53.5 Å². The summed E-state index contributed by atoms with van der Waals surface area (Å²) in [4.78, 5) is 6.20. The molecule has 21 heavy (non-hydrogen) atoms. The van der Waals surface area contributed by atoms with E-state index in [1.165, 1.54) is 16.6 Å². The van der Waals surface area contributed by atoms with Crippen molar-refractivity contribution in [1.82, 2.24) is 14.2 Å². The van der Waals surface area contributed by atoms with Crippen LogP contribution in [0.3, 0.4) is 0 Å². The summed E-state index contributed by atoms with van der Waals surface area (Å²) in [6.07, 6.45) is 2.28. The van der Waals surface area contributed by atoms with E-state index in [2.05, 4.69) is 23.7 Å². The van der Waals surface area contributed by atoms with Crippen molar-refractivity contribution >= 4 is 21.6 Å². The Hall–Kier alpha value is -0.690. The molecular weight excluding hydrogens is 310 g/mol. The van der Waals surface area contributed by atoms with Crippen molar-refractivity contribution in [1.29, 1.82) is 0 Å². The van der Waals surface area contributed by atoms with E-state index in [1.54, 1.807) is 6.07 Å². The van der Waals surface area contributed by atoms with Crippen molar-refractivity contribution < 1.29 is 8.42 Å². The second-order valence-electron chi connectivity index (χ2n) is 4.67. The Bertz CT molecular complexity index is 533. The lowest BCUT2D eigenvalue weighted by molar-refractivity contribution is 0.285. The minimum Gasteiger partial charge on any atom is -0.304 e. The van der Waals surface area contributed by atoms with Gasteiger partial charge >= 0.3 is 0 Å². The average Bonchev–Trinajstić information content (AvgIpc) is 2.47. The predicted molar refractivity (Wildman–Crippen MR) is 86.1 cm³/mol. The van der Waals surface area contributed by atoms with Crippen LogP contribution in [0.4, 0.5) is 0 Å². The highest BCUT2D eigenvalue weighted by atomic mass is 35.5. The Morgan fingerprint density at radius 1 is 1.14 bits per heavy atom. The Morgan fingerprint density at radius 3 is 2.33 bits per heavy atom. The van der Waals surface area contributed by atoms with Crippen LogP contribution in [0.5, 0.6) is 0 Å². The fourth-order valence-corrected chi connectivity index (χ4v) is 4.08. The molecule has 0 atom stereocenters. The minimum atomic E-state index is -3.57. The maximum Gasteiger partial charge on any atom is 0.246 e. The largest absolute Gasteiger partial charge is 0.304 e. The second-order valence-corrected chi connectivity index (χ2v) is 6.93. The minimum absolute atomic E-state index is 0.0275. The van der Waals surface area contributed by atoms with Crippen molar-refractivity contribution in [2.45, 2.75) is 32.1 Å². The molecule has 0 aliphatic heterocycles. The molecule has 0 N–H and O–H groups in total. The Balaban J connectivity index is 2.77. The number of sulfonamides is 1. The van der Waals surface area contributed by atoms with Gasteiger partial charge in [0, 0.05) is 19.3 Å². The molecule has 0 fully saturated rings. The van der Waals surface area contributed by atoms with Crippen LogP contribution in [-0.2, 0) is 10.0 Å². The molecule has 0 unspecified atom stereocenters. The fourth-order valence-electron chi connectivity index (χ4n) is 2.16. The molecular formula is C14H24ClN3O2S. The summed E-state index contributed by atoms with van der Waals surface area (Å²) in [5, 5.41) is 0.0275. The average molecular weight is 334 g/mol. The summed E-state index contributed by atoms with van der Waals surface area (Å²) < 4.78 is 26.6. The molecule has 0 aromatic carbocycles. The van der Waals surface area contributed by atoms with Gasteiger partial charge in [-0.05, 0) is 38.2 Å². The molecule has 1 aromatic rings. The summed E-state index contributed by atoms with van der Waals surface area (Å²) in [5.74, 6) is 0. The van der Waals surface area contributed by atoms with E-state index in [0.717, 1.165) is 26.1 Å². The van der Waals surface area contributed by atoms with E-state index in [-0.39, 0.29) is 10.0 Å². The third kappa shape index (κ3) is 4.92. The standard InChI is InChI=1S/C14H24ClN3O2S/c1-4-17(5-2)11-8-12-18(6-3)21(19,20)13-9-7-10-16-14(13)15/h7,9-10H,4-6,8,11-12H2,1-3H3. The number of nitrogens with zero attached hydrogens (tertiary/aromatic N) is 3. The van der Waals surface area contributed by atoms with E-state index in [0.29, 0.717) is 13.1 Å². The van der Waals surface area contributed by atoms with Crippen LogP contribution in [0.1, 0.15) is 27.2 Å². The van der Waals surface area contributed by atoms with Crippen LogP contribution in [0.15, 0.2) is 23.2 Å². The molecule has 1 aromatic heterocycles. The highest BCUT2D eigenvalue weighted by Gasteiger charge is 2.25. The number of aromatic nitrogens is 1. The van der Waals surface area contributed by atoms with Crippen LogP contribution in [0.25, 0.3) is 0 Å². The van der Waals surface area contributed by atoms with E-state index in [4.69, 9.17) is 11.6 Å². The Kier molecular flexibility index (Phi) is 7.59. The van der Waals surface area contributed by atoms with E-state index < -0.39 is 10.0 Å². The second kappa shape index (κ2) is 8.68. The highest BCUT2D eigenvalue weighted by molar-refractivity contribution is 7.89. The Labute approximate surface area is 133 Å². The number of pyridine rings is 1. The molecule has 1 heterocycles. The molecule has 1 rings (SSSR count). The first-order valence-corrected chi connectivity index (χ1v) is 9.12. The smallest absolute Gasteiger partial charge is 0.246 e. The monoisotopic (exact) mass is 333 g/mol. The zero-order valence-corrected chi connectivity index (χ0v) is 14.5. The van der Waals surface area contributed by atoms with Crippen LogP contribution in [0, 0.1) is 0 Å². The van der Waals surface area contributed by atoms with Gasteiger partial charge in [0.15, 0.2) is 0 Å². The van der Waals surface area contributed by atoms with Crippen molar-refractivity contribution in [3.63, 3.8) is 0 Å². The SMILES string of the molecule is CCN(CC)CCCN(CC)S(=O)(=O)c1cccnc1Cl. The molecule has 120 valence electrons. The van der Waals surface area contributed by atoms with Crippen LogP contribution < -0.4 is 0 Å². The third-order valence-corrected chi connectivity index (χ3v) is 5.89. The fraction of sp³-hybridized carbons (Fsp3) is 0.643. The molecule has 0 amide bonds. The van der Waals surface area contributed by atoms with E-state index in [1.807, 2.05) is 6.92 Å². The van der Waals surface area contributed by atoms with Gasteiger partial charge in [0.1, 0.15) is 10.0 Å². The number of hydrogen-bond donors (Lipinski definition) is 0. The van der Waals surface area contributed by atoms with Gasteiger partial charge in [-0.3, -0.25) is 0 Å². The Morgan fingerprint density at radius 2 is 1.81 bits per heavy atom. The van der Waals surface area contributed by atoms with E-state index >= 15 is 0 Å². The molecule has 0 aliphatic carbocycles. The van der Waals surface area contributed by atoms with Gasteiger partial charge < -0.3 is 4.90 Å². The van der Waals surface area contributed by atoms with E-state index in [9.17, 15) is 8.42 Å². The summed E-state index contributed by atoms with van der Waals surface area (Å²) in [5.41, 5.74) is 0. The lowest BCUT2D eigenvalue weighted by atomic mass is 10.3. The van der Waals surface area contributed by atoms with Gasteiger partial charge in [-0.15, -0.1) is 0 Å². The van der Waals surface area contributed by atoms with Crippen LogP contribution >= 0.6 is 11.6 Å². The first-order chi connectivity index (χ1) is 9.97. The third-order valence-electron chi connectivity index (χ3n) is 3.47. The first-order valence-electron chi connectivity index (χ1n) is 7.30. The van der Waals surface area contributed by atoms with Gasteiger partial charge in [-0.2, -0.15) is 4.31 Å². The molecule has 7 heteroatoms. The lowest BCUT2D eigenvalue weighted by Crippen LogP contribution is -2.34. The van der Waals surface area contributed by atoms with Gasteiger partial charge in [-0.1, -0.05) is 32.4 Å². The van der Waals surface area contributed by atoms with Crippen LogP contribution in [-0.4, -0.2) is 55.3 Å². The van der Waals surface area contributed by atoms with Gasteiger partial charge in [0.25, 0.3) is 0 Å². The molecule has 0 saturated heterocycles. The zero-order valence-electron chi connectivity index (χ0n) is 12.9. The van der Waals surface area contributed by atoms with Crippen molar-refractivity contribution in [3.8, 4) is 0 Å². The molecule has 0 radical (unpaired) electrons. The highest BCUT2D eigenvalue weighted by Crippen LogP contribution is 2.22. The summed E-state index contributed by atoms with van der Waals surface area (Å²) in [6, 6.07) is 3.08. The molecule has 0 bridgehead atoms. The van der Waals surface area contributed by atoms with Gasteiger partial charge in [0.05, 0.1) is 0 Å². The predicted octanol–water partition coefficient (Wildman–Crippen LogP) is 2.48. The maximum atomic E-state index is 12.6. The molecule has 0 saturated carbocycles. The molecule has 5 nitrogen and oxygen atoms in total. The maximum absolute atomic E-state index is 12.6. The van der Waals surface area contributed by atoms with Crippen molar-refractivity contribution in [2.75, 3.05) is 32.7 Å². The van der Waals surface area contributed by atoms with Gasteiger partial charge in [-0.25, -0.2) is 13.4 Å². The molecule has 0 aliphatic rings. The summed E-state index contributed by atoms with van der Waals surface area (Å²) >= 11 is 5.91. The number of hydrogen-bond acceptors (Lipinski definition) is 4. The first kappa shape index (κ1) is 18.4. The lowest BCUT2D eigenvalue weighted by Gasteiger charge is -2.23. The number of halogens is 1. The van der Waals surface area contributed by atoms with Crippen molar-refractivity contribution in [3.05, 3.63) is 23.5 Å². The molecule has 0 spiro atoms. The van der Waals surface area contributed by atoms with Gasteiger partial charge in [0.2, 0.25) is 10.0 Å². The quantitative estimate of drug-likeness (QED) is 0.651. The zero-order chi connectivity index (χ0) is 15.9. The van der Waals surface area contributed by atoms with Crippen molar-refractivity contribution in [2.24, 2.45) is 0 Å². The normalized spacial score (nSPS) is 12.3.